The molecule has 11 aromatic rings. The summed E-state index contributed by atoms with van der Waals surface area (Å²) in [7, 11) is 0. The molecule has 1 spiro atoms. The minimum absolute atomic E-state index is 0.506. The molecule has 1 atom stereocenters. The van der Waals surface area contributed by atoms with Gasteiger partial charge in [0.25, 0.3) is 0 Å². The highest BCUT2D eigenvalue weighted by molar-refractivity contribution is 5.98. The van der Waals surface area contributed by atoms with Gasteiger partial charge in [-0.2, -0.15) is 0 Å². The number of rotatable bonds is 9. The largest absolute Gasteiger partial charge is 0.310 e. The van der Waals surface area contributed by atoms with Crippen molar-refractivity contribution in [2.75, 3.05) is 9.80 Å². The van der Waals surface area contributed by atoms with E-state index in [4.69, 9.17) is 0 Å². The lowest BCUT2D eigenvalue weighted by Gasteiger charge is -2.32. The van der Waals surface area contributed by atoms with Gasteiger partial charge in [-0.25, -0.2) is 0 Å². The van der Waals surface area contributed by atoms with Crippen molar-refractivity contribution in [1.29, 1.82) is 0 Å². The van der Waals surface area contributed by atoms with E-state index < -0.39 is 5.41 Å². The minimum Gasteiger partial charge on any atom is -0.310 e. The zero-order chi connectivity index (χ0) is 45.7. The maximum absolute atomic E-state index is 2.44. The minimum atomic E-state index is -0.506. The molecule has 0 fully saturated rings. The van der Waals surface area contributed by atoms with Crippen molar-refractivity contribution in [1.82, 2.24) is 0 Å². The van der Waals surface area contributed by atoms with Crippen LogP contribution < -0.4 is 9.80 Å². The zero-order valence-corrected chi connectivity index (χ0v) is 38.0. The summed E-state index contributed by atoms with van der Waals surface area (Å²) in [5.74, 6) is 0. The lowest BCUT2D eigenvalue weighted by Crippen LogP contribution is -2.26. The van der Waals surface area contributed by atoms with Crippen LogP contribution in [0.1, 0.15) is 22.3 Å². The molecule has 0 saturated heterocycles. The topological polar surface area (TPSA) is 6.48 Å². The highest BCUT2D eigenvalue weighted by atomic mass is 15.1. The third-order valence-electron chi connectivity index (χ3n) is 14.3. The molecule has 2 nitrogen and oxygen atoms in total. The van der Waals surface area contributed by atoms with Crippen LogP contribution in [0, 0.1) is 0 Å². The Kier molecular flexibility index (Phi) is 9.77. The van der Waals surface area contributed by atoms with Gasteiger partial charge in [0.15, 0.2) is 0 Å². The summed E-state index contributed by atoms with van der Waals surface area (Å²) >= 11 is 0. The maximum atomic E-state index is 2.44. The molecule has 0 aliphatic heterocycles. The van der Waals surface area contributed by atoms with Gasteiger partial charge in [0.2, 0.25) is 0 Å². The Morgan fingerprint density at radius 3 is 1.03 bits per heavy atom. The fourth-order valence-electron chi connectivity index (χ4n) is 11.3. The first-order chi connectivity index (χ1) is 34.2. The van der Waals surface area contributed by atoms with E-state index in [0.29, 0.717) is 0 Å². The molecule has 2 heteroatoms. The first kappa shape index (κ1) is 40.3. The van der Waals surface area contributed by atoms with Gasteiger partial charge >= 0.3 is 0 Å². The lowest BCUT2D eigenvalue weighted by molar-refractivity contribution is 0.793. The molecule has 13 rings (SSSR count). The molecule has 69 heavy (non-hydrogen) atoms. The van der Waals surface area contributed by atoms with Crippen LogP contribution in [0.25, 0.3) is 55.6 Å². The summed E-state index contributed by atoms with van der Waals surface area (Å²) in [6, 6.07) is 102. The first-order valence-electron chi connectivity index (χ1n) is 23.8. The maximum Gasteiger partial charge on any atom is 0.0725 e. The Labute approximate surface area is 404 Å². The summed E-state index contributed by atoms with van der Waals surface area (Å²) in [6.45, 7) is 0. The smallest absolute Gasteiger partial charge is 0.0725 e. The summed E-state index contributed by atoms with van der Waals surface area (Å²) in [6.07, 6.45) is 0. The predicted octanol–water partition coefficient (Wildman–Crippen LogP) is 18.0. The molecule has 1 unspecified atom stereocenters. The third-order valence-corrected chi connectivity index (χ3v) is 14.3. The van der Waals surface area contributed by atoms with E-state index in [1.165, 1.54) is 77.9 Å². The van der Waals surface area contributed by atoms with Crippen molar-refractivity contribution in [3.05, 3.63) is 301 Å². The highest BCUT2D eigenvalue weighted by Crippen LogP contribution is 2.64. The van der Waals surface area contributed by atoms with Gasteiger partial charge in [0.1, 0.15) is 0 Å². The molecule has 324 valence electrons. The van der Waals surface area contributed by atoms with Gasteiger partial charge < -0.3 is 9.80 Å². The van der Waals surface area contributed by atoms with Crippen LogP contribution >= 0.6 is 0 Å². The Morgan fingerprint density at radius 1 is 0.203 bits per heavy atom. The molecular weight excluding hydrogens is 833 g/mol. The quantitative estimate of drug-likeness (QED) is 0.143. The van der Waals surface area contributed by atoms with E-state index in [-0.39, 0.29) is 0 Å². The second-order valence-electron chi connectivity index (χ2n) is 18.0. The van der Waals surface area contributed by atoms with Gasteiger partial charge in [-0.05, 0) is 139 Å². The number of hydrogen-bond donors (Lipinski definition) is 0. The fourth-order valence-corrected chi connectivity index (χ4v) is 11.3. The fraction of sp³-hybridized carbons (Fsp3) is 0.0149. The number of fused-ring (bicyclic) bond motifs is 10. The summed E-state index contributed by atoms with van der Waals surface area (Å²) < 4.78 is 0. The van der Waals surface area contributed by atoms with Crippen LogP contribution in [0.2, 0.25) is 0 Å². The predicted molar refractivity (Wildman–Crippen MR) is 288 cm³/mol. The van der Waals surface area contributed by atoms with Crippen LogP contribution in [-0.2, 0) is 5.41 Å². The van der Waals surface area contributed by atoms with Crippen molar-refractivity contribution in [3.8, 4) is 55.6 Å². The molecule has 0 saturated carbocycles. The number of nitrogens with zero attached hydrogens (tertiary/aromatic N) is 2. The van der Waals surface area contributed by atoms with Crippen molar-refractivity contribution >= 4 is 34.1 Å². The standard InChI is InChI=1S/C67H46N2/c1-5-19-47(20-6-1)49-33-37-53(38-34-49)68(54-39-35-50(36-40-54)48-21-7-2-8-22-48)55-41-43-64-60(45-55)58-28-13-16-30-62(58)67(64)63-31-17-14-29-59(63)61-46-56(42-44-65(61)67)69(52-25-11-4-12-26-52)66-32-18-15-27-57(66)51-23-9-3-10-24-51/h1-46H. The van der Waals surface area contributed by atoms with E-state index in [1.807, 2.05) is 0 Å². The SMILES string of the molecule is c1ccc(-c2ccc(N(c3ccc(-c4ccccc4)cc3)c3ccc4c(c3)-c3ccccc3C43c4ccccc4-c4cc(N(c5ccccc5)c5ccccc5-c5ccccc5)ccc43)cc2)cc1. The lowest BCUT2D eigenvalue weighted by atomic mass is 9.70. The molecule has 2 aliphatic rings. The van der Waals surface area contributed by atoms with Gasteiger partial charge in [0, 0.05) is 34.0 Å². The molecule has 11 aromatic carbocycles. The second-order valence-corrected chi connectivity index (χ2v) is 18.0. The molecular formula is C67H46N2. The van der Waals surface area contributed by atoms with E-state index in [0.717, 1.165) is 34.1 Å². The van der Waals surface area contributed by atoms with Crippen LogP contribution in [0.15, 0.2) is 279 Å². The van der Waals surface area contributed by atoms with Crippen molar-refractivity contribution in [2.24, 2.45) is 0 Å². The average Bonchev–Trinajstić information content (AvgIpc) is 3.89. The molecule has 2 aliphatic carbocycles. The molecule has 0 radical (unpaired) electrons. The Hall–Kier alpha value is -8.98. The van der Waals surface area contributed by atoms with E-state index in [2.05, 4.69) is 289 Å². The molecule has 0 N–H and O–H groups in total. The van der Waals surface area contributed by atoms with Crippen molar-refractivity contribution < 1.29 is 0 Å². The van der Waals surface area contributed by atoms with E-state index in [1.54, 1.807) is 0 Å². The molecule has 0 heterocycles. The Bertz CT molecular complexity index is 3560. The first-order valence-corrected chi connectivity index (χ1v) is 23.8. The highest BCUT2D eigenvalue weighted by Gasteiger charge is 2.51. The van der Waals surface area contributed by atoms with Crippen molar-refractivity contribution in [3.63, 3.8) is 0 Å². The monoisotopic (exact) mass is 878 g/mol. The van der Waals surface area contributed by atoms with Crippen LogP contribution in [0.5, 0.6) is 0 Å². The van der Waals surface area contributed by atoms with Gasteiger partial charge in [-0.1, -0.05) is 212 Å². The molecule has 0 amide bonds. The number of anilines is 6. The van der Waals surface area contributed by atoms with Crippen LogP contribution in [0.3, 0.4) is 0 Å². The summed E-state index contributed by atoms with van der Waals surface area (Å²) in [5.41, 5.74) is 23.6. The number of para-hydroxylation sites is 2. The summed E-state index contributed by atoms with van der Waals surface area (Å²) in [5, 5.41) is 0. The average molecular weight is 879 g/mol. The Balaban J connectivity index is 0.977. The Morgan fingerprint density at radius 2 is 0.536 bits per heavy atom. The van der Waals surface area contributed by atoms with Crippen LogP contribution in [-0.4, -0.2) is 0 Å². The van der Waals surface area contributed by atoms with Gasteiger partial charge in [-0.15, -0.1) is 0 Å². The van der Waals surface area contributed by atoms with Crippen LogP contribution in [0.4, 0.5) is 34.1 Å². The van der Waals surface area contributed by atoms with Crippen molar-refractivity contribution in [2.45, 2.75) is 5.41 Å². The van der Waals surface area contributed by atoms with Gasteiger partial charge in [-0.3, -0.25) is 0 Å². The molecule has 0 aromatic heterocycles. The molecule has 0 bridgehead atoms. The number of benzene rings is 11. The summed E-state index contributed by atoms with van der Waals surface area (Å²) in [4.78, 5) is 4.83. The normalized spacial score (nSPS) is 13.9. The van der Waals surface area contributed by atoms with Gasteiger partial charge in [0.05, 0.1) is 11.1 Å². The van der Waals surface area contributed by atoms with E-state index in [9.17, 15) is 0 Å². The third kappa shape index (κ3) is 6.64. The van der Waals surface area contributed by atoms with E-state index >= 15 is 0 Å². The zero-order valence-electron chi connectivity index (χ0n) is 38.0. The second kappa shape index (κ2) is 16.7. The number of hydrogen-bond acceptors (Lipinski definition) is 2.